The predicted octanol–water partition coefficient (Wildman–Crippen LogP) is 6.49. The summed E-state index contributed by atoms with van der Waals surface area (Å²) in [6.45, 7) is 8.79. The Hall–Kier alpha value is -2.05. The van der Waals surface area contributed by atoms with Crippen molar-refractivity contribution in [1.29, 1.82) is 0 Å². The minimum Gasteiger partial charge on any atom is -0.481 e. The topological polar surface area (TPSA) is 87.7 Å². The van der Waals surface area contributed by atoms with Gasteiger partial charge in [0, 0.05) is 29.5 Å². The maximum atomic E-state index is 13.0. The number of hydrogen-bond donors (Lipinski definition) is 3. The van der Waals surface area contributed by atoms with E-state index in [1.54, 1.807) is 12.1 Å². The number of hydrogen-bond acceptors (Lipinski definition) is 4. The summed E-state index contributed by atoms with van der Waals surface area (Å²) in [6.07, 6.45) is 6.47. The number of allylic oxidation sites excluding steroid dienone is 1. The molecule has 7 heteroatoms. The number of halogens is 1. The average molecular weight is 503 g/mol. The van der Waals surface area contributed by atoms with Gasteiger partial charge in [-0.15, -0.1) is 5.48 Å². The molecule has 4 rings (SSSR count). The van der Waals surface area contributed by atoms with Crippen LogP contribution in [0.25, 0.3) is 0 Å². The minimum absolute atomic E-state index is 0.0282. The zero-order chi connectivity index (χ0) is 25.3. The highest BCUT2D eigenvalue weighted by Gasteiger charge is 2.47. The number of aliphatic carboxylic acids is 1. The van der Waals surface area contributed by atoms with Gasteiger partial charge in [0.05, 0.1) is 6.04 Å². The van der Waals surface area contributed by atoms with Crippen LogP contribution in [0.15, 0.2) is 29.5 Å². The van der Waals surface area contributed by atoms with Gasteiger partial charge in [0.1, 0.15) is 5.76 Å². The number of carboxylic acids is 1. The quantitative estimate of drug-likeness (QED) is 0.340. The van der Waals surface area contributed by atoms with E-state index in [0.29, 0.717) is 28.7 Å². The Morgan fingerprint density at radius 3 is 2.54 bits per heavy atom. The molecule has 2 atom stereocenters. The molecule has 2 aliphatic carbocycles. The number of nitrogens with one attached hydrogen (secondary N) is 2. The van der Waals surface area contributed by atoms with Crippen molar-refractivity contribution in [3.8, 4) is 0 Å². The van der Waals surface area contributed by atoms with Crippen LogP contribution in [-0.4, -0.2) is 23.0 Å². The lowest BCUT2D eigenvalue weighted by Gasteiger charge is -2.39. The summed E-state index contributed by atoms with van der Waals surface area (Å²) in [7, 11) is 0. The van der Waals surface area contributed by atoms with E-state index < -0.39 is 5.97 Å². The summed E-state index contributed by atoms with van der Waals surface area (Å²) in [6, 6.07) is 5.26. The molecule has 2 unspecified atom stereocenters. The van der Waals surface area contributed by atoms with Gasteiger partial charge < -0.3 is 15.3 Å². The van der Waals surface area contributed by atoms with Crippen molar-refractivity contribution in [2.24, 2.45) is 29.1 Å². The predicted molar refractivity (Wildman–Crippen MR) is 138 cm³/mol. The second-order valence-electron chi connectivity index (χ2n) is 12.0. The summed E-state index contributed by atoms with van der Waals surface area (Å²) < 4.78 is 0. The molecule has 1 amide bonds. The fraction of sp³-hybridized carbons (Fsp3) is 0.643. The second kappa shape index (κ2) is 10.5. The van der Waals surface area contributed by atoms with Gasteiger partial charge in [-0.1, -0.05) is 32.4 Å². The molecule has 192 valence electrons. The van der Waals surface area contributed by atoms with Crippen molar-refractivity contribution in [2.45, 2.75) is 85.1 Å². The standard InChI is InChI=1S/C28H39ClN2O4/c1-16-11-21(29)8-9-22(16)30-23(32)14-19(7-10-24(33)34)26-25(18-5-6-18)27(35-31-26)20-12-17(13-20)15-28(2,3)4/h8-9,11,17-20,26,31H,5-7,10,12-15H2,1-4H3,(H,30,32)(H,33,34). The zero-order valence-electron chi connectivity index (χ0n) is 21.3. The number of carbonyl (C=O) groups excluding carboxylic acids is 1. The van der Waals surface area contributed by atoms with E-state index in [4.69, 9.17) is 16.4 Å². The van der Waals surface area contributed by atoms with Crippen molar-refractivity contribution in [3.05, 3.63) is 40.1 Å². The van der Waals surface area contributed by atoms with Crippen molar-refractivity contribution in [2.75, 3.05) is 5.32 Å². The van der Waals surface area contributed by atoms with Crippen LogP contribution in [-0.2, 0) is 14.4 Å². The Balaban J connectivity index is 1.47. The highest BCUT2D eigenvalue weighted by Crippen LogP contribution is 2.52. The molecule has 0 bridgehead atoms. The lowest BCUT2D eigenvalue weighted by molar-refractivity contribution is -0.137. The monoisotopic (exact) mass is 502 g/mol. The van der Waals surface area contributed by atoms with E-state index >= 15 is 0 Å². The van der Waals surface area contributed by atoms with Crippen LogP contribution in [0.1, 0.15) is 77.7 Å². The summed E-state index contributed by atoms with van der Waals surface area (Å²) in [5, 5.41) is 13.0. The van der Waals surface area contributed by atoms with Crippen LogP contribution >= 0.6 is 11.6 Å². The largest absolute Gasteiger partial charge is 0.481 e. The van der Waals surface area contributed by atoms with Crippen LogP contribution in [0.3, 0.4) is 0 Å². The molecule has 1 aromatic carbocycles. The molecule has 6 nitrogen and oxygen atoms in total. The van der Waals surface area contributed by atoms with Gasteiger partial charge in [0.15, 0.2) is 0 Å². The maximum absolute atomic E-state index is 13.0. The first-order valence-electron chi connectivity index (χ1n) is 12.9. The zero-order valence-corrected chi connectivity index (χ0v) is 22.1. The SMILES string of the molecule is Cc1cc(Cl)ccc1NC(=O)CC(CCC(=O)O)C1NOC(C2CC(CC(C)(C)C)C2)=C1C1CC1. The average Bonchev–Trinajstić information content (AvgIpc) is 3.47. The number of anilines is 1. The molecule has 3 aliphatic rings. The number of amides is 1. The highest BCUT2D eigenvalue weighted by atomic mass is 35.5. The minimum atomic E-state index is -0.843. The molecular formula is C28H39ClN2O4. The number of benzene rings is 1. The van der Waals surface area contributed by atoms with E-state index in [1.807, 2.05) is 13.0 Å². The van der Waals surface area contributed by atoms with E-state index in [1.165, 1.54) is 12.0 Å². The van der Waals surface area contributed by atoms with E-state index in [2.05, 4.69) is 31.6 Å². The van der Waals surface area contributed by atoms with Crippen LogP contribution < -0.4 is 10.8 Å². The molecule has 0 radical (unpaired) electrons. The number of carbonyl (C=O) groups is 2. The third-order valence-electron chi connectivity index (χ3n) is 7.55. The lowest BCUT2D eigenvalue weighted by atomic mass is 9.66. The Labute approximate surface area is 213 Å². The maximum Gasteiger partial charge on any atom is 0.303 e. The van der Waals surface area contributed by atoms with Gasteiger partial charge >= 0.3 is 5.97 Å². The molecule has 1 heterocycles. The second-order valence-corrected chi connectivity index (χ2v) is 12.4. The van der Waals surface area contributed by atoms with E-state index in [0.717, 1.165) is 48.6 Å². The van der Waals surface area contributed by atoms with Crippen LogP contribution in [0.4, 0.5) is 5.69 Å². The Kier molecular flexibility index (Phi) is 7.82. The van der Waals surface area contributed by atoms with Crippen molar-refractivity contribution < 1.29 is 19.5 Å². The van der Waals surface area contributed by atoms with Gasteiger partial charge in [-0.05, 0) is 98.0 Å². The smallest absolute Gasteiger partial charge is 0.303 e. The lowest BCUT2D eigenvalue weighted by Crippen LogP contribution is -2.36. The molecule has 35 heavy (non-hydrogen) atoms. The number of hydroxylamine groups is 1. The molecule has 2 fully saturated rings. The van der Waals surface area contributed by atoms with Crippen molar-refractivity contribution in [1.82, 2.24) is 5.48 Å². The number of rotatable bonds is 10. The molecule has 3 N–H and O–H groups in total. The summed E-state index contributed by atoms with van der Waals surface area (Å²) in [5.41, 5.74) is 6.49. The van der Waals surface area contributed by atoms with Crippen LogP contribution in [0, 0.1) is 36.0 Å². The molecule has 0 aromatic heterocycles. The number of carboxylic acid groups (broad SMARTS) is 1. The molecular weight excluding hydrogens is 464 g/mol. The van der Waals surface area contributed by atoms with E-state index in [-0.39, 0.29) is 30.7 Å². The summed E-state index contributed by atoms with van der Waals surface area (Å²) >= 11 is 6.05. The van der Waals surface area contributed by atoms with Gasteiger partial charge in [-0.25, -0.2) is 0 Å². The molecule has 1 aliphatic heterocycles. The summed E-state index contributed by atoms with van der Waals surface area (Å²) in [4.78, 5) is 30.6. The highest BCUT2D eigenvalue weighted by molar-refractivity contribution is 6.30. The van der Waals surface area contributed by atoms with Gasteiger partial charge in [0.25, 0.3) is 0 Å². The van der Waals surface area contributed by atoms with Gasteiger partial charge in [-0.3, -0.25) is 9.59 Å². The Bertz CT molecular complexity index is 989. The first-order valence-corrected chi connectivity index (χ1v) is 13.3. The summed E-state index contributed by atoms with van der Waals surface area (Å²) in [5.74, 6) is 1.61. The third kappa shape index (κ3) is 6.79. The van der Waals surface area contributed by atoms with Gasteiger partial charge in [0.2, 0.25) is 5.91 Å². The third-order valence-corrected chi connectivity index (χ3v) is 7.79. The molecule has 0 spiro atoms. The van der Waals surface area contributed by atoms with Gasteiger partial charge in [-0.2, -0.15) is 0 Å². The molecule has 0 saturated heterocycles. The fourth-order valence-corrected chi connectivity index (χ4v) is 6.03. The van der Waals surface area contributed by atoms with Crippen molar-refractivity contribution >= 4 is 29.2 Å². The van der Waals surface area contributed by atoms with Crippen molar-refractivity contribution in [3.63, 3.8) is 0 Å². The molecule has 1 aromatic rings. The Morgan fingerprint density at radius 1 is 1.23 bits per heavy atom. The molecule has 2 saturated carbocycles. The first kappa shape index (κ1) is 26.0. The fourth-order valence-electron chi connectivity index (χ4n) is 5.81. The normalized spacial score (nSPS) is 25.1. The van der Waals surface area contributed by atoms with Crippen LogP contribution in [0.2, 0.25) is 5.02 Å². The van der Waals surface area contributed by atoms with E-state index in [9.17, 15) is 14.7 Å². The first-order chi connectivity index (χ1) is 16.5. The Morgan fingerprint density at radius 2 is 1.94 bits per heavy atom. The number of aryl methyl sites for hydroxylation is 1. The van der Waals surface area contributed by atoms with Crippen LogP contribution in [0.5, 0.6) is 0 Å².